The van der Waals surface area contributed by atoms with Crippen LogP contribution in [-0.2, 0) is 16.1 Å². The molecule has 6 heteroatoms. The summed E-state index contributed by atoms with van der Waals surface area (Å²) in [6.07, 6.45) is 2.97. The van der Waals surface area contributed by atoms with E-state index in [0.29, 0.717) is 6.42 Å². The monoisotopic (exact) mass is 335 g/mol. The van der Waals surface area contributed by atoms with Crippen LogP contribution in [0.25, 0.3) is 0 Å². The molecule has 1 aromatic carbocycles. The van der Waals surface area contributed by atoms with Gasteiger partial charge in [-0.25, -0.2) is 0 Å². The van der Waals surface area contributed by atoms with Crippen LogP contribution in [0.4, 0.5) is 0 Å². The van der Waals surface area contributed by atoms with Crippen LogP contribution in [0.2, 0.25) is 5.02 Å². The van der Waals surface area contributed by atoms with Crippen molar-refractivity contribution in [1.29, 1.82) is 0 Å². The smallest absolute Gasteiger partial charge is 0.242 e. The van der Waals surface area contributed by atoms with Gasteiger partial charge in [0.2, 0.25) is 11.8 Å². The molecule has 2 fully saturated rings. The highest BCUT2D eigenvalue weighted by molar-refractivity contribution is 6.31. The summed E-state index contributed by atoms with van der Waals surface area (Å²) >= 11 is 6.20. The van der Waals surface area contributed by atoms with Crippen molar-refractivity contribution in [3.63, 3.8) is 0 Å². The van der Waals surface area contributed by atoms with Crippen molar-refractivity contribution >= 4 is 23.4 Å². The lowest BCUT2D eigenvalue weighted by Crippen LogP contribution is -2.51. The number of carbonyl (C=O) groups is 2. The number of hydrogen-bond donors (Lipinski definition) is 2. The summed E-state index contributed by atoms with van der Waals surface area (Å²) in [4.78, 5) is 25.9. The van der Waals surface area contributed by atoms with Gasteiger partial charge in [0.05, 0.1) is 0 Å². The molecule has 124 valence electrons. The zero-order valence-corrected chi connectivity index (χ0v) is 13.8. The van der Waals surface area contributed by atoms with Gasteiger partial charge in [0.25, 0.3) is 0 Å². The largest absolute Gasteiger partial charge is 0.350 e. The van der Waals surface area contributed by atoms with E-state index in [-0.39, 0.29) is 23.9 Å². The molecule has 2 saturated heterocycles. The average Bonchev–Trinajstić information content (AvgIpc) is 2.97. The molecule has 2 heterocycles. The normalized spacial score (nSPS) is 25.2. The van der Waals surface area contributed by atoms with Gasteiger partial charge in [0.15, 0.2) is 0 Å². The maximum absolute atomic E-state index is 12.3. The molecule has 2 N–H and O–H groups in total. The van der Waals surface area contributed by atoms with Gasteiger partial charge in [-0.15, -0.1) is 0 Å². The molecule has 0 radical (unpaired) electrons. The number of rotatable bonds is 4. The Kier molecular flexibility index (Phi) is 5.18. The van der Waals surface area contributed by atoms with Crippen LogP contribution in [0.1, 0.15) is 31.2 Å². The molecule has 0 bridgehead atoms. The summed E-state index contributed by atoms with van der Waals surface area (Å²) in [6, 6.07) is 7.63. The number of piperidine rings is 1. The van der Waals surface area contributed by atoms with E-state index in [9.17, 15) is 9.59 Å². The summed E-state index contributed by atoms with van der Waals surface area (Å²) in [5.74, 6) is -0.0780. The van der Waals surface area contributed by atoms with Gasteiger partial charge in [-0.05, 0) is 30.9 Å². The Hall–Kier alpha value is -1.59. The molecule has 0 aromatic heterocycles. The van der Waals surface area contributed by atoms with E-state index >= 15 is 0 Å². The lowest BCUT2D eigenvalue weighted by atomic mass is 10.0. The Bertz CT molecular complexity index is 593. The zero-order chi connectivity index (χ0) is 16.2. The molecular weight excluding hydrogens is 314 g/mol. The van der Waals surface area contributed by atoms with Crippen molar-refractivity contribution in [2.75, 3.05) is 13.1 Å². The summed E-state index contributed by atoms with van der Waals surface area (Å²) in [7, 11) is 0. The van der Waals surface area contributed by atoms with E-state index in [0.717, 1.165) is 49.5 Å². The molecule has 2 aliphatic heterocycles. The van der Waals surface area contributed by atoms with Crippen molar-refractivity contribution in [1.82, 2.24) is 15.5 Å². The first-order valence-corrected chi connectivity index (χ1v) is 8.55. The highest BCUT2D eigenvalue weighted by atomic mass is 35.5. The molecule has 1 aromatic rings. The number of halogens is 1. The topological polar surface area (TPSA) is 61.4 Å². The predicted molar refractivity (Wildman–Crippen MR) is 89.1 cm³/mol. The fourth-order valence-electron chi connectivity index (χ4n) is 3.27. The highest BCUT2D eigenvalue weighted by Crippen LogP contribution is 2.20. The minimum atomic E-state index is -0.367. The number of nitrogens with zero attached hydrogens (tertiary/aromatic N) is 1. The van der Waals surface area contributed by atoms with Gasteiger partial charge in [-0.2, -0.15) is 0 Å². The van der Waals surface area contributed by atoms with Crippen LogP contribution in [0.5, 0.6) is 0 Å². The van der Waals surface area contributed by atoms with Crippen LogP contribution in [0.3, 0.4) is 0 Å². The third kappa shape index (κ3) is 4.24. The number of nitrogens with one attached hydrogen (secondary N) is 2. The van der Waals surface area contributed by atoms with Gasteiger partial charge in [-0.1, -0.05) is 29.8 Å². The number of amides is 2. The third-order valence-corrected chi connectivity index (χ3v) is 4.89. The van der Waals surface area contributed by atoms with Crippen molar-refractivity contribution in [2.45, 2.75) is 44.3 Å². The number of benzene rings is 1. The summed E-state index contributed by atoms with van der Waals surface area (Å²) < 4.78 is 0. The van der Waals surface area contributed by atoms with Crippen molar-refractivity contribution in [3.8, 4) is 0 Å². The minimum absolute atomic E-state index is 0.0248. The maximum Gasteiger partial charge on any atom is 0.242 e. The van der Waals surface area contributed by atoms with E-state index in [1.54, 1.807) is 0 Å². The highest BCUT2D eigenvalue weighted by Gasteiger charge is 2.29. The summed E-state index contributed by atoms with van der Waals surface area (Å²) in [5.41, 5.74) is 1.11. The van der Waals surface area contributed by atoms with Gasteiger partial charge < -0.3 is 10.6 Å². The first kappa shape index (κ1) is 16.3. The van der Waals surface area contributed by atoms with E-state index in [4.69, 9.17) is 11.6 Å². The van der Waals surface area contributed by atoms with Crippen LogP contribution >= 0.6 is 11.6 Å². The van der Waals surface area contributed by atoms with E-state index in [1.165, 1.54) is 0 Å². The average molecular weight is 336 g/mol. The molecule has 0 unspecified atom stereocenters. The first-order chi connectivity index (χ1) is 11.1. The number of likely N-dealkylation sites (tertiary alicyclic amines) is 1. The fraction of sp³-hybridized carbons (Fsp3) is 0.529. The summed E-state index contributed by atoms with van der Waals surface area (Å²) in [5, 5.41) is 6.62. The van der Waals surface area contributed by atoms with Crippen LogP contribution in [0, 0.1) is 0 Å². The Labute approximate surface area is 141 Å². The van der Waals surface area contributed by atoms with Gasteiger partial charge in [0, 0.05) is 37.1 Å². The molecule has 2 amide bonds. The van der Waals surface area contributed by atoms with Crippen molar-refractivity contribution in [2.24, 2.45) is 0 Å². The van der Waals surface area contributed by atoms with Gasteiger partial charge in [0.1, 0.15) is 6.04 Å². The van der Waals surface area contributed by atoms with Crippen LogP contribution < -0.4 is 10.6 Å². The van der Waals surface area contributed by atoms with Crippen LogP contribution in [0.15, 0.2) is 24.3 Å². The Morgan fingerprint density at radius 2 is 2.17 bits per heavy atom. The zero-order valence-electron chi connectivity index (χ0n) is 13.1. The SMILES string of the molecule is O=C1CCC[C@H](C(=O)N[C@H]2CCN(Cc3ccccc3Cl)C2)N1. The molecule has 2 aliphatic rings. The lowest BCUT2D eigenvalue weighted by Gasteiger charge is -2.24. The molecular formula is C17H22ClN3O2. The molecule has 23 heavy (non-hydrogen) atoms. The molecule has 0 spiro atoms. The number of carbonyl (C=O) groups excluding carboxylic acids is 2. The number of hydrogen-bond acceptors (Lipinski definition) is 3. The van der Waals surface area contributed by atoms with E-state index in [2.05, 4.69) is 15.5 Å². The molecule has 2 atom stereocenters. The molecule has 5 nitrogen and oxygen atoms in total. The predicted octanol–water partition coefficient (Wildman–Crippen LogP) is 1.70. The molecule has 3 rings (SSSR count). The standard InChI is InChI=1S/C17H22ClN3O2/c18-14-5-2-1-4-12(14)10-21-9-8-13(11-21)19-17(23)15-6-3-7-16(22)20-15/h1-2,4-5,13,15H,3,6-11H2,(H,19,23)(H,20,22)/t13-,15+/m0/s1. The first-order valence-electron chi connectivity index (χ1n) is 8.17. The maximum atomic E-state index is 12.3. The molecule has 0 saturated carbocycles. The minimum Gasteiger partial charge on any atom is -0.350 e. The summed E-state index contributed by atoms with van der Waals surface area (Å²) in [6.45, 7) is 2.55. The van der Waals surface area contributed by atoms with Gasteiger partial charge >= 0.3 is 0 Å². The Morgan fingerprint density at radius 1 is 1.35 bits per heavy atom. The van der Waals surface area contributed by atoms with E-state index < -0.39 is 0 Å². The second kappa shape index (κ2) is 7.32. The fourth-order valence-corrected chi connectivity index (χ4v) is 3.46. The van der Waals surface area contributed by atoms with Gasteiger partial charge in [-0.3, -0.25) is 14.5 Å². The third-order valence-electron chi connectivity index (χ3n) is 4.52. The molecule has 0 aliphatic carbocycles. The quantitative estimate of drug-likeness (QED) is 0.880. The van der Waals surface area contributed by atoms with Crippen LogP contribution in [-0.4, -0.2) is 41.9 Å². The Balaban J connectivity index is 1.49. The lowest BCUT2D eigenvalue weighted by molar-refractivity contribution is -0.131. The second-order valence-electron chi connectivity index (χ2n) is 6.33. The van der Waals surface area contributed by atoms with Crippen molar-refractivity contribution in [3.05, 3.63) is 34.9 Å². The second-order valence-corrected chi connectivity index (χ2v) is 6.74. The van der Waals surface area contributed by atoms with Crippen molar-refractivity contribution < 1.29 is 9.59 Å². The Morgan fingerprint density at radius 3 is 2.96 bits per heavy atom. The van der Waals surface area contributed by atoms with E-state index in [1.807, 2.05) is 24.3 Å².